The molecule has 0 unspecified atom stereocenters. The van der Waals surface area contributed by atoms with Gasteiger partial charge in [-0.2, -0.15) is 13.2 Å². The second-order valence-corrected chi connectivity index (χ2v) is 2.64. The number of rotatable bonds is 3. The van der Waals surface area contributed by atoms with E-state index in [9.17, 15) is 22.8 Å². The molecule has 0 saturated heterocycles. The number of esters is 2. The third-order valence-electron chi connectivity index (χ3n) is 1.40. The van der Waals surface area contributed by atoms with Crippen LogP contribution < -0.4 is 5.32 Å². The zero-order chi connectivity index (χ0) is 12.1. The molecule has 0 rings (SSSR count). The lowest BCUT2D eigenvalue weighted by atomic mass is 10.3. The Hall–Kier alpha value is -1.37. The number of hydrogen-bond donors (Lipinski definition) is 1. The van der Waals surface area contributed by atoms with Gasteiger partial charge in [0.05, 0.1) is 0 Å². The number of nitrogens with one attached hydrogen (secondary N) is 1. The van der Waals surface area contributed by atoms with Crippen molar-refractivity contribution in [2.75, 3.05) is 7.05 Å². The van der Waals surface area contributed by atoms with Crippen LogP contribution in [0.25, 0.3) is 0 Å². The molecule has 0 aromatic heterocycles. The average Bonchev–Trinajstić information content (AvgIpc) is 2.12. The van der Waals surface area contributed by atoms with Crippen molar-refractivity contribution in [1.29, 1.82) is 0 Å². The third kappa shape index (κ3) is 5.84. The molecule has 0 aromatic carbocycles. The molecule has 0 aliphatic rings. The normalized spacial score (nSPS) is 13.9. The van der Waals surface area contributed by atoms with Crippen molar-refractivity contribution in [2.24, 2.45) is 0 Å². The largest absolute Gasteiger partial charge is 0.491 e. The minimum Gasteiger partial charge on any atom is -0.383 e. The van der Waals surface area contributed by atoms with Gasteiger partial charge in [0.2, 0.25) is 0 Å². The van der Waals surface area contributed by atoms with Crippen molar-refractivity contribution in [3.8, 4) is 0 Å². The number of alkyl halides is 3. The van der Waals surface area contributed by atoms with E-state index in [2.05, 4.69) is 10.1 Å². The maximum atomic E-state index is 11.6. The summed E-state index contributed by atoms with van der Waals surface area (Å²) < 4.78 is 38.3. The Bertz CT molecular complexity index is 273. The fraction of sp³-hybridized carbons (Fsp3) is 0.500. The van der Waals surface area contributed by atoms with Crippen LogP contribution in [-0.2, 0) is 14.3 Å². The molecule has 0 bridgehead atoms. The average molecular weight is 225 g/mol. The Morgan fingerprint density at radius 1 is 1.40 bits per heavy atom. The lowest BCUT2D eigenvalue weighted by Crippen LogP contribution is -2.27. The van der Waals surface area contributed by atoms with Gasteiger partial charge in [-0.1, -0.05) is 6.08 Å². The number of hydrogen-bond acceptors (Lipinski definition) is 4. The van der Waals surface area contributed by atoms with Crippen LogP contribution in [0.4, 0.5) is 13.2 Å². The molecule has 0 aliphatic carbocycles. The molecule has 1 N–H and O–H groups in total. The van der Waals surface area contributed by atoms with E-state index in [1.165, 1.54) is 6.08 Å². The van der Waals surface area contributed by atoms with Crippen LogP contribution in [0.5, 0.6) is 0 Å². The van der Waals surface area contributed by atoms with E-state index in [0.29, 0.717) is 0 Å². The second kappa shape index (κ2) is 5.50. The van der Waals surface area contributed by atoms with Gasteiger partial charge in [-0.05, 0) is 14.0 Å². The van der Waals surface area contributed by atoms with Gasteiger partial charge in [-0.3, -0.25) is 0 Å². The highest BCUT2D eigenvalue weighted by molar-refractivity contribution is 5.93. The summed E-state index contributed by atoms with van der Waals surface area (Å²) in [6.07, 6.45) is -3.13. The van der Waals surface area contributed by atoms with Crippen LogP contribution in [0.1, 0.15) is 6.92 Å². The molecule has 0 radical (unpaired) electrons. The highest BCUT2D eigenvalue weighted by atomic mass is 19.4. The zero-order valence-corrected chi connectivity index (χ0v) is 8.09. The molecule has 4 nitrogen and oxygen atoms in total. The van der Waals surface area contributed by atoms with Gasteiger partial charge in [0.1, 0.15) is 0 Å². The van der Waals surface area contributed by atoms with Crippen LogP contribution in [0, 0.1) is 0 Å². The number of carbonyl (C=O) groups excluding carboxylic acids is 2. The van der Waals surface area contributed by atoms with E-state index in [4.69, 9.17) is 0 Å². The summed E-state index contributed by atoms with van der Waals surface area (Å²) >= 11 is 0. The quantitative estimate of drug-likeness (QED) is 0.438. The summed E-state index contributed by atoms with van der Waals surface area (Å²) in [5, 5.41) is 2.70. The number of halogens is 3. The first-order chi connectivity index (χ1) is 6.77. The molecule has 0 spiro atoms. The number of ether oxygens (including phenoxy) is 1. The Labute approximate surface area is 84.1 Å². The Morgan fingerprint density at radius 2 is 1.93 bits per heavy atom. The Morgan fingerprint density at radius 3 is 2.33 bits per heavy atom. The smallest absolute Gasteiger partial charge is 0.383 e. The van der Waals surface area contributed by atoms with E-state index in [1.807, 2.05) is 0 Å². The molecule has 0 aromatic rings. The summed E-state index contributed by atoms with van der Waals surface area (Å²) in [6, 6.07) is -0.210. The van der Waals surface area contributed by atoms with Crippen LogP contribution in [0.15, 0.2) is 12.2 Å². The van der Waals surface area contributed by atoms with Gasteiger partial charge >= 0.3 is 18.1 Å². The first-order valence-corrected chi connectivity index (χ1v) is 3.95. The van der Waals surface area contributed by atoms with Gasteiger partial charge < -0.3 is 10.1 Å². The standard InChI is InChI=1S/C8H10F3NO3/c1-5(12-2)3-4-6(13)15-7(14)8(9,10)11/h3-5,12H,1-2H3/b4-3+/t5-/m1/s1. The number of likely N-dealkylation sites (N-methyl/N-ethyl adjacent to an activating group) is 1. The van der Waals surface area contributed by atoms with Crippen molar-refractivity contribution < 1.29 is 27.5 Å². The van der Waals surface area contributed by atoms with Crippen LogP contribution in [-0.4, -0.2) is 31.2 Å². The minimum absolute atomic E-state index is 0.210. The van der Waals surface area contributed by atoms with Gasteiger partial charge in [-0.15, -0.1) is 0 Å². The van der Waals surface area contributed by atoms with E-state index < -0.39 is 18.1 Å². The Balaban J connectivity index is 4.17. The summed E-state index contributed by atoms with van der Waals surface area (Å²) in [5.74, 6) is -3.87. The van der Waals surface area contributed by atoms with Crippen molar-refractivity contribution >= 4 is 11.9 Å². The molecule has 0 saturated carbocycles. The molecule has 86 valence electrons. The highest BCUT2D eigenvalue weighted by Crippen LogP contribution is 2.16. The number of carbonyl (C=O) groups is 2. The first kappa shape index (κ1) is 13.6. The SMILES string of the molecule is CN[C@H](C)/C=C/C(=O)OC(=O)C(F)(F)F. The maximum absolute atomic E-state index is 11.6. The molecular formula is C8H10F3NO3. The van der Waals surface area contributed by atoms with Crippen LogP contribution in [0.2, 0.25) is 0 Å². The van der Waals surface area contributed by atoms with Gasteiger partial charge in [0, 0.05) is 12.1 Å². The molecule has 1 atom stereocenters. The van der Waals surface area contributed by atoms with Crippen molar-refractivity contribution in [3.05, 3.63) is 12.2 Å². The molecule has 0 amide bonds. The molecular weight excluding hydrogens is 215 g/mol. The monoisotopic (exact) mass is 225 g/mol. The van der Waals surface area contributed by atoms with Gasteiger partial charge in [0.15, 0.2) is 0 Å². The van der Waals surface area contributed by atoms with Crippen LogP contribution >= 0.6 is 0 Å². The fourth-order valence-corrected chi connectivity index (χ4v) is 0.502. The van der Waals surface area contributed by atoms with Crippen molar-refractivity contribution in [1.82, 2.24) is 5.32 Å². The lowest BCUT2D eigenvalue weighted by Gasteiger charge is -2.04. The zero-order valence-electron chi connectivity index (χ0n) is 8.09. The topological polar surface area (TPSA) is 55.4 Å². The Kier molecular flexibility index (Phi) is 4.99. The minimum atomic E-state index is -5.15. The third-order valence-corrected chi connectivity index (χ3v) is 1.40. The lowest BCUT2D eigenvalue weighted by molar-refractivity contribution is -0.200. The molecule has 15 heavy (non-hydrogen) atoms. The molecule has 0 aliphatic heterocycles. The maximum Gasteiger partial charge on any atom is 0.491 e. The molecule has 0 heterocycles. The molecule has 7 heteroatoms. The predicted octanol–water partition coefficient (Wildman–Crippen LogP) is 0.783. The van der Waals surface area contributed by atoms with Crippen molar-refractivity contribution in [3.63, 3.8) is 0 Å². The first-order valence-electron chi connectivity index (χ1n) is 3.95. The summed E-state index contributed by atoms with van der Waals surface area (Å²) in [5.41, 5.74) is 0. The van der Waals surface area contributed by atoms with E-state index in [0.717, 1.165) is 6.08 Å². The fourth-order valence-electron chi connectivity index (χ4n) is 0.502. The summed E-state index contributed by atoms with van der Waals surface area (Å²) in [4.78, 5) is 20.8. The second-order valence-electron chi connectivity index (χ2n) is 2.64. The van der Waals surface area contributed by atoms with Gasteiger partial charge in [0.25, 0.3) is 0 Å². The summed E-state index contributed by atoms with van der Waals surface area (Å²) in [7, 11) is 1.60. The summed E-state index contributed by atoms with van der Waals surface area (Å²) in [6.45, 7) is 1.66. The van der Waals surface area contributed by atoms with E-state index in [-0.39, 0.29) is 6.04 Å². The van der Waals surface area contributed by atoms with E-state index >= 15 is 0 Å². The predicted molar refractivity (Wildman–Crippen MR) is 44.8 cm³/mol. The van der Waals surface area contributed by atoms with Crippen LogP contribution in [0.3, 0.4) is 0 Å². The van der Waals surface area contributed by atoms with Crippen molar-refractivity contribution in [2.45, 2.75) is 19.1 Å². The highest BCUT2D eigenvalue weighted by Gasteiger charge is 2.42. The van der Waals surface area contributed by atoms with Gasteiger partial charge in [-0.25, -0.2) is 9.59 Å². The molecule has 0 fully saturated rings. The van der Waals surface area contributed by atoms with E-state index in [1.54, 1.807) is 14.0 Å².